The maximum Gasteiger partial charge on any atom is 0.127 e. The van der Waals surface area contributed by atoms with Gasteiger partial charge in [0.1, 0.15) is 10.7 Å². The first kappa shape index (κ1) is 20.1. The number of nitrogens with zero attached hydrogens (tertiary/aromatic N) is 3. The number of halogens is 1. The fraction of sp³-hybridized carbons (Fsp3) is 0.500. The van der Waals surface area contributed by atoms with E-state index in [4.69, 9.17) is 21.3 Å². The monoisotopic (exact) mass is 454 g/mol. The zero-order valence-corrected chi connectivity index (χ0v) is 19.3. The number of hydrogen-bond donors (Lipinski definition) is 1. The van der Waals surface area contributed by atoms with E-state index in [1.807, 2.05) is 6.92 Å². The summed E-state index contributed by atoms with van der Waals surface area (Å²) in [7, 11) is 0. The van der Waals surface area contributed by atoms with Gasteiger partial charge < -0.3 is 10.1 Å². The van der Waals surface area contributed by atoms with Gasteiger partial charge in [-0.3, -0.25) is 4.90 Å². The fourth-order valence-electron chi connectivity index (χ4n) is 5.32. The lowest BCUT2D eigenvalue weighted by Gasteiger charge is -2.43. The SMILES string of the molecule is Cc1nc(C2CC2c2ccc(C(C3COC3)N3CCNCC3)cc2Cl)c2ccsc2n1. The molecule has 0 radical (unpaired) electrons. The molecule has 5 nitrogen and oxygen atoms in total. The molecule has 2 aromatic heterocycles. The molecule has 7 heteroatoms. The van der Waals surface area contributed by atoms with Crippen molar-refractivity contribution >= 4 is 33.2 Å². The van der Waals surface area contributed by atoms with Crippen molar-refractivity contribution in [3.05, 3.63) is 57.3 Å². The van der Waals surface area contributed by atoms with E-state index in [1.165, 1.54) is 22.2 Å². The van der Waals surface area contributed by atoms with Crippen LogP contribution in [0.3, 0.4) is 0 Å². The molecule has 3 atom stereocenters. The molecule has 3 unspecified atom stereocenters. The smallest absolute Gasteiger partial charge is 0.127 e. The van der Waals surface area contributed by atoms with E-state index in [-0.39, 0.29) is 0 Å². The normalized spacial score (nSPS) is 25.5. The highest BCUT2D eigenvalue weighted by Gasteiger charge is 2.43. The van der Waals surface area contributed by atoms with Crippen molar-refractivity contribution < 1.29 is 4.74 Å². The maximum absolute atomic E-state index is 6.90. The summed E-state index contributed by atoms with van der Waals surface area (Å²) >= 11 is 8.60. The highest BCUT2D eigenvalue weighted by Crippen LogP contribution is 2.57. The molecule has 1 saturated carbocycles. The summed E-state index contributed by atoms with van der Waals surface area (Å²) in [6.07, 6.45) is 1.11. The molecule has 1 aliphatic carbocycles. The van der Waals surface area contributed by atoms with Crippen molar-refractivity contribution in [2.24, 2.45) is 5.92 Å². The van der Waals surface area contributed by atoms with Gasteiger partial charge in [0.25, 0.3) is 0 Å². The molecule has 3 aromatic rings. The van der Waals surface area contributed by atoms with Crippen molar-refractivity contribution in [1.82, 2.24) is 20.2 Å². The van der Waals surface area contributed by atoms with E-state index in [9.17, 15) is 0 Å². The van der Waals surface area contributed by atoms with Gasteiger partial charge in [0, 0.05) is 54.5 Å². The predicted octanol–water partition coefficient (Wildman–Crippen LogP) is 4.52. The van der Waals surface area contributed by atoms with Crippen LogP contribution in [-0.4, -0.2) is 54.3 Å². The number of rotatable bonds is 5. The first-order valence-electron chi connectivity index (χ1n) is 11.2. The molecule has 31 heavy (non-hydrogen) atoms. The van der Waals surface area contributed by atoms with Gasteiger partial charge in [-0.05, 0) is 47.9 Å². The Morgan fingerprint density at radius 1 is 1.16 bits per heavy atom. The van der Waals surface area contributed by atoms with Gasteiger partial charge in [-0.1, -0.05) is 23.7 Å². The second-order valence-corrected chi connectivity index (χ2v) is 10.4. The van der Waals surface area contributed by atoms with Crippen LogP contribution < -0.4 is 5.32 Å². The van der Waals surface area contributed by atoms with Crippen molar-refractivity contribution in [1.29, 1.82) is 0 Å². The minimum Gasteiger partial charge on any atom is -0.381 e. The summed E-state index contributed by atoms with van der Waals surface area (Å²) < 4.78 is 5.55. The molecule has 3 aliphatic rings. The Labute approximate surface area is 191 Å². The molecule has 0 spiro atoms. The lowest BCUT2D eigenvalue weighted by molar-refractivity contribution is -0.0777. The Morgan fingerprint density at radius 3 is 2.74 bits per heavy atom. The van der Waals surface area contributed by atoms with E-state index in [0.717, 1.165) is 61.5 Å². The lowest BCUT2D eigenvalue weighted by Crippen LogP contribution is -2.50. The standard InChI is InChI=1S/C24H27ClN4OS/c1-14-27-22(18-4-9-31-24(18)28-14)20-11-19(20)17-3-2-15(10-21(17)25)23(16-12-30-13-16)29-7-5-26-6-8-29/h2-4,9-10,16,19-20,23,26H,5-8,11-13H2,1H3. The topological polar surface area (TPSA) is 50.3 Å². The quantitative estimate of drug-likeness (QED) is 0.614. The minimum absolute atomic E-state index is 0.396. The predicted molar refractivity (Wildman–Crippen MR) is 125 cm³/mol. The van der Waals surface area contributed by atoms with Crippen LogP contribution in [0.1, 0.15) is 46.9 Å². The third kappa shape index (κ3) is 3.68. The average Bonchev–Trinajstić information content (AvgIpc) is 3.38. The van der Waals surface area contributed by atoms with Crippen molar-refractivity contribution in [2.75, 3.05) is 39.4 Å². The fourth-order valence-corrected chi connectivity index (χ4v) is 6.47. The van der Waals surface area contributed by atoms with Gasteiger partial charge in [0.2, 0.25) is 0 Å². The Kier molecular flexibility index (Phi) is 5.23. The Bertz CT molecular complexity index is 1110. The first-order valence-corrected chi connectivity index (χ1v) is 12.5. The van der Waals surface area contributed by atoms with E-state index in [1.54, 1.807) is 11.3 Å². The van der Waals surface area contributed by atoms with Gasteiger partial charge in [-0.2, -0.15) is 0 Å². The van der Waals surface area contributed by atoms with E-state index >= 15 is 0 Å². The van der Waals surface area contributed by atoms with Crippen molar-refractivity contribution in [2.45, 2.75) is 31.2 Å². The van der Waals surface area contributed by atoms with Gasteiger partial charge >= 0.3 is 0 Å². The number of piperazine rings is 1. The number of nitrogens with one attached hydrogen (secondary N) is 1. The maximum atomic E-state index is 6.90. The van der Waals surface area contributed by atoms with Crippen LogP contribution in [0.2, 0.25) is 5.02 Å². The average molecular weight is 455 g/mol. The largest absolute Gasteiger partial charge is 0.381 e. The van der Waals surface area contributed by atoms with Gasteiger partial charge in [-0.25, -0.2) is 9.97 Å². The van der Waals surface area contributed by atoms with E-state index < -0.39 is 0 Å². The molecule has 162 valence electrons. The molecule has 0 bridgehead atoms. The van der Waals surface area contributed by atoms with Gasteiger partial charge in [0.15, 0.2) is 0 Å². The zero-order chi connectivity index (χ0) is 20.9. The third-order valence-electron chi connectivity index (χ3n) is 7.03. The first-order chi connectivity index (χ1) is 15.2. The number of hydrogen-bond acceptors (Lipinski definition) is 6. The van der Waals surface area contributed by atoms with Crippen molar-refractivity contribution in [3.8, 4) is 0 Å². The van der Waals surface area contributed by atoms with Gasteiger partial charge in [0.05, 0.1) is 18.9 Å². The summed E-state index contributed by atoms with van der Waals surface area (Å²) in [4.78, 5) is 13.1. The van der Waals surface area contributed by atoms with Crippen molar-refractivity contribution in [3.63, 3.8) is 0 Å². The molecule has 2 saturated heterocycles. The molecule has 1 aromatic carbocycles. The second-order valence-electron chi connectivity index (χ2n) is 9.05. The van der Waals surface area contributed by atoms with Gasteiger partial charge in [-0.15, -0.1) is 11.3 Å². The minimum atomic E-state index is 0.396. The number of ether oxygens (including phenoxy) is 1. The van der Waals surface area contributed by atoms with Crippen LogP contribution in [0.5, 0.6) is 0 Å². The third-order valence-corrected chi connectivity index (χ3v) is 8.16. The number of thiophene rings is 1. The van der Waals surface area contributed by atoms with Crippen LogP contribution in [-0.2, 0) is 4.74 Å². The molecular weight excluding hydrogens is 428 g/mol. The number of aryl methyl sites for hydroxylation is 1. The number of aromatic nitrogens is 2. The Morgan fingerprint density at radius 2 is 2.00 bits per heavy atom. The summed E-state index contributed by atoms with van der Waals surface area (Å²) in [6.45, 7) is 7.95. The number of fused-ring (bicyclic) bond motifs is 1. The molecule has 1 N–H and O–H groups in total. The molecule has 2 aliphatic heterocycles. The Balaban J connectivity index is 1.27. The summed E-state index contributed by atoms with van der Waals surface area (Å²) in [5.74, 6) is 2.30. The van der Waals surface area contributed by atoms with Crippen LogP contribution >= 0.6 is 22.9 Å². The summed E-state index contributed by atoms with van der Waals surface area (Å²) in [5, 5.41) is 7.69. The zero-order valence-electron chi connectivity index (χ0n) is 17.7. The van der Waals surface area contributed by atoms with E-state index in [2.05, 4.69) is 44.8 Å². The van der Waals surface area contributed by atoms with Crippen LogP contribution in [0.15, 0.2) is 29.6 Å². The second kappa shape index (κ2) is 8.09. The van der Waals surface area contributed by atoms with Crippen LogP contribution in [0.25, 0.3) is 10.2 Å². The summed E-state index contributed by atoms with van der Waals surface area (Å²) in [5.41, 5.74) is 3.79. The molecule has 4 heterocycles. The van der Waals surface area contributed by atoms with Crippen LogP contribution in [0.4, 0.5) is 0 Å². The number of benzene rings is 1. The lowest BCUT2D eigenvalue weighted by atomic mass is 9.88. The molecular formula is C24H27ClN4OS. The molecule has 0 amide bonds. The van der Waals surface area contributed by atoms with E-state index in [0.29, 0.717) is 23.8 Å². The van der Waals surface area contributed by atoms with Crippen LogP contribution in [0, 0.1) is 12.8 Å². The highest BCUT2D eigenvalue weighted by atomic mass is 35.5. The molecule has 6 rings (SSSR count). The summed E-state index contributed by atoms with van der Waals surface area (Å²) in [6, 6.07) is 9.37. The Hall–Kier alpha value is -1.57. The molecule has 3 fully saturated rings. The highest BCUT2D eigenvalue weighted by molar-refractivity contribution is 7.16.